The molecular weight excluding hydrogens is 343 g/mol. The van der Waals surface area contributed by atoms with Gasteiger partial charge in [-0.3, -0.25) is 4.79 Å². The summed E-state index contributed by atoms with van der Waals surface area (Å²) in [5.74, 6) is -0.0458. The summed E-state index contributed by atoms with van der Waals surface area (Å²) in [4.78, 5) is 18.6. The van der Waals surface area contributed by atoms with E-state index >= 15 is 0 Å². The number of thioether (sulfide) groups is 1. The Balaban J connectivity index is 1.64. The van der Waals surface area contributed by atoms with Crippen LogP contribution in [0.25, 0.3) is 11.3 Å². The molecule has 0 aliphatic rings. The minimum atomic E-state index is -0.280. The van der Waals surface area contributed by atoms with E-state index in [0.717, 1.165) is 21.0 Å². The lowest BCUT2D eigenvalue weighted by Crippen LogP contribution is -2.13. The van der Waals surface area contributed by atoms with E-state index in [4.69, 9.17) is 0 Å². The highest BCUT2D eigenvalue weighted by Gasteiger charge is 2.12. The van der Waals surface area contributed by atoms with E-state index in [9.17, 15) is 9.18 Å². The Hall–Kier alpha value is -2.18. The zero-order valence-corrected chi connectivity index (χ0v) is 14.6. The third-order valence-corrected chi connectivity index (χ3v) is 5.17. The largest absolute Gasteiger partial charge is 0.301 e. The van der Waals surface area contributed by atoms with Crippen LogP contribution in [0.3, 0.4) is 0 Å². The quantitative estimate of drug-likeness (QED) is 0.654. The number of halogens is 1. The number of hydrogen-bond acceptors (Lipinski definition) is 4. The minimum Gasteiger partial charge on any atom is -0.301 e. The van der Waals surface area contributed by atoms with Crippen molar-refractivity contribution in [2.45, 2.75) is 11.8 Å². The van der Waals surface area contributed by atoms with Crippen LogP contribution in [0.2, 0.25) is 0 Å². The Morgan fingerprint density at radius 2 is 1.88 bits per heavy atom. The second-order valence-electron chi connectivity index (χ2n) is 5.08. The number of hydrogen-bond donors (Lipinski definition) is 1. The maximum Gasteiger partial charge on any atom is 0.236 e. The van der Waals surface area contributed by atoms with Crippen LogP contribution in [-0.2, 0) is 4.79 Å². The second-order valence-corrected chi connectivity index (χ2v) is 7.33. The summed E-state index contributed by atoms with van der Waals surface area (Å²) in [6.07, 6.45) is 0. The van der Waals surface area contributed by atoms with Crippen molar-refractivity contribution in [2.75, 3.05) is 11.1 Å². The van der Waals surface area contributed by atoms with Crippen LogP contribution < -0.4 is 5.32 Å². The van der Waals surface area contributed by atoms with Crippen molar-refractivity contribution in [2.24, 2.45) is 0 Å². The first-order valence-corrected chi connectivity index (χ1v) is 9.13. The van der Waals surface area contributed by atoms with Gasteiger partial charge in [0.2, 0.25) is 5.91 Å². The van der Waals surface area contributed by atoms with Crippen molar-refractivity contribution in [3.8, 4) is 11.3 Å². The first-order valence-electron chi connectivity index (χ1n) is 7.33. The van der Waals surface area contributed by atoms with Gasteiger partial charge in [-0.1, -0.05) is 18.2 Å². The van der Waals surface area contributed by atoms with Crippen LogP contribution in [-0.4, -0.2) is 16.6 Å². The van der Waals surface area contributed by atoms with Crippen molar-refractivity contribution in [3.05, 3.63) is 65.3 Å². The van der Waals surface area contributed by atoms with E-state index in [1.807, 2.05) is 37.3 Å². The van der Waals surface area contributed by atoms with Crippen LogP contribution in [0.5, 0.6) is 0 Å². The van der Waals surface area contributed by atoms with Gasteiger partial charge in [0.05, 0.1) is 11.4 Å². The number of benzene rings is 2. The van der Waals surface area contributed by atoms with E-state index in [-0.39, 0.29) is 11.7 Å². The van der Waals surface area contributed by atoms with Gasteiger partial charge in [-0.05, 0) is 43.3 Å². The van der Waals surface area contributed by atoms with Gasteiger partial charge in [-0.15, -0.1) is 23.1 Å². The molecule has 6 heteroatoms. The highest BCUT2D eigenvalue weighted by molar-refractivity contribution is 8.00. The van der Waals surface area contributed by atoms with Crippen LogP contribution in [0.15, 0.2) is 59.5 Å². The zero-order chi connectivity index (χ0) is 16.9. The molecule has 0 saturated carbocycles. The Kier molecular flexibility index (Phi) is 5.27. The summed E-state index contributed by atoms with van der Waals surface area (Å²) in [6.45, 7) is 1.94. The number of anilines is 1. The van der Waals surface area contributed by atoms with Gasteiger partial charge >= 0.3 is 0 Å². The molecule has 122 valence electrons. The number of carbonyl (C=O) groups excluding carboxylic acids is 1. The number of rotatable bonds is 5. The fourth-order valence-corrected chi connectivity index (χ4v) is 3.72. The van der Waals surface area contributed by atoms with Crippen LogP contribution in [0, 0.1) is 12.7 Å². The summed E-state index contributed by atoms with van der Waals surface area (Å²) in [6, 6.07) is 16.0. The lowest BCUT2D eigenvalue weighted by molar-refractivity contribution is -0.113. The van der Waals surface area contributed by atoms with Crippen molar-refractivity contribution >= 4 is 34.1 Å². The maximum atomic E-state index is 13.0. The number of nitrogens with zero attached hydrogens (tertiary/aromatic N) is 1. The molecule has 0 bridgehead atoms. The predicted molar refractivity (Wildman–Crippen MR) is 98.0 cm³/mol. The standard InChI is InChI=1S/C18H15FN2OS2/c1-12-17(13-7-9-14(19)10-8-13)21-18(24-12)20-16(22)11-23-15-5-3-2-4-6-15/h2-10H,11H2,1H3,(H,20,21,22). The van der Waals surface area contributed by atoms with E-state index in [0.29, 0.717) is 10.9 Å². The topological polar surface area (TPSA) is 42.0 Å². The lowest BCUT2D eigenvalue weighted by Gasteiger charge is -2.02. The predicted octanol–water partition coefficient (Wildman–Crippen LogP) is 4.99. The van der Waals surface area contributed by atoms with Crippen LogP contribution in [0.4, 0.5) is 9.52 Å². The molecule has 1 N–H and O–H groups in total. The molecule has 0 unspecified atom stereocenters. The first-order chi connectivity index (χ1) is 11.6. The molecule has 0 radical (unpaired) electrons. The molecule has 0 aliphatic heterocycles. The number of nitrogens with one attached hydrogen (secondary N) is 1. The van der Waals surface area contributed by atoms with Gasteiger partial charge in [0, 0.05) is 15.3 Å². The van der Waals surface area contributed by atoms with Crippen LogP contribution in [0.1, 0.15) is 4.88 Å². The van der Waals surface area contributed by atoms with E-state index in [1.165, 1.54) is 35.2 Å². The molecule has 0 saturated heterocycles. The van der Waals surface area contributed by atoms with Gasteiger partial charge in [0.25, 0.3) is 0 Å². The molecule has 3 nitrogen and oxygen atoms in total. The van der Waals surface area contributed by atoms with Gasteiger partial charge < -0.3 is 5.32 Å². The molecule has 1 amide bonds. The van der Waals surface area contributed by atoms with Gasteiger partial charge in [0.1, 0.15) is 5.82 Å². The third-order valence-electron chi connectivity index (χ3n) is 3.27. The summed E-state index contributed by atoms with van der Waals surface area (Å²) in [5, 5.41) is 3.39. The molecular formula is C18H15FN2OS2. The van der Waals surface area contributed by atoms with Crippen molar-refractivity contribution in [1.82, 2.24) is 4.98 Å². The Morgan fingerprint density at radius 1 is 1.17 bits per heavy atom. The van der Waals surface area contributed by atoms with Crippen molar-refractivity contribution < 1.29 is 9.18 Å². The first kappa shape index (κ1) is 16.7. The SMILES string of the molecule is Cc1sc(NC(=O)CSc2ccccc2)nc1-c1ccc(F)cc1. The third kappa shape index (κ3) is 4.21. The summed E-state index contributed by atoms with van der Waals surface area (Å²) < 4.78 is 13.0. The van der Waals surface area contributed by atoms with Gasteiger partial charge in [0.15, 0.2) is 5.13 Å². The van der Waals surface area contributed by atoms with Crippen LogP contribution >= 0.6 is 23.1 Å². The van der Waals surface area contributed by atoms with Gasteiger partial charge in [-0.25, -0.2) is 9.37 Å². The monoisotopic (exact) mass is 358 g/mol. The molecule has 3 rings (SSSR count). The highest BCUT2D eigenvalue weighted by Crippen LogP contribution is 2.30. The summed E-state index contributed by atoms with van der Waals surface area (Å²) in [5.41, 5.74) is 1.61. The average Bonchev–Trinajstić information content (AvgIpc) is 2.95. The molecule has 1 heterocycles. The normalized spacial score (nSPS) is 10.6. The Morgan fingerprint density at radius 3 is 2.58 bits per heavy atom. The van der Waals surface area contributed by atoms with Crippen molar-refractivity contribution in [3.63, 3.8) is 0 Å². The number of thiazole rings is 1. The summed E-state index contributed by atoms with van der Waals surface area (Å²) >= 11 is 2.90. The average molecular weight is 358 g/mol. The van der Waals surface area contributed by atoms with E-state index in [2.05, 4.69) is 10.3 Å². The molecule has 2 aromatic carbocycles. The molecule has 3 aromatic rings. The minimum absolute atomic E-state index is 0.0942. The molecule has 0 atom stereocenters. The number of amides is 1. The van der Waals surface area contributed by atoms with Gasteiger partial charge in [-0.2, -0.15) is 0 Å². The summed E-state index contributed by atoms with van der Waals surface area (Å²) in [7, 11) is 0. The molecule has 0 fully saturated rings. The van der Waals surface area contributed by atoms with E-state index in [1.54, 1.807) is 12.1 Å². The molecule has 24 heavy (non-hydrogen) atoms. The van der Waals surface area contributed by atoms with Crippen molar-refractivity contribution in [1.29, 1.82) is 0 Å². The maximum absolute atomic E-state index is 13.0. The molecule has 0 aliphatic carbocycles. The molecule has 0 spiro atoms. The number of aromatic nitrogens is 1. The fraction of sp³-hybridized carbons (Fsp3) is 0.111. The second kappa shape index (κ2) is 7.59. The fourth-order valence-electron chi connectivity index (χ4n) is 2.15. The molecule has 1 aromatic heterocycles. The Labute approximate surface area is 148 Å². The highest BCUT2D eigenvalue weighted by atomic mass is 32.2. The smallest absolute Gasteiger partial charge is 0.236 e. The Bertz CT molecular complexity index is 832. The number of carbonyl (C=O) groups is 1. The zero-order valence-electron chi connectivity index (χ0n) is 13.0. The van der Waals surface area contributed by atoms with E-state index < -0.39 is 0 Å². The number of aryl methyl sites for hydroxylation is 1. The lowest BCUT2D eigenvalue weighted by atomic mass is 10.1.